The number of hydrogen-bond acceptors (Lipinski definition) is 2. The second kappa shape index (κ2) is 7.18. The molecular formula is C13H17BrN2O2. The Bertz CT molecular complexity index is 435. The molecule has 4 nitrogen and oxygen atoms in total. The zero-order valence-electron chi connectivity index (χ0n) is 10.3. The maximum absolute atomic E-state index is 12.0. The van der Waals surface area contributed by atoms with Gasteiger partial charge >= 0.3 is 6.03 Å². The average molecular weight is 313 g/mol. The molecule has 18 heavy (non-hydrogen) atoms. The van der Waals surface area contributed by atoms with E-state index in [2.05, 4.69) is 27.8 Å². The molecule has 0 saturated carbocycles. The Hall–Kier alpha value is -1.33. The van der Waals surface area contributed by atoms with E-state index in [0.717, 1.165) is 15.7 Å². The molecule has 0 unspecified atom stereocenters. The van der Waals surface area contributed by atoms with Crippen LogP contribution >= 0.6 is 15.9 Å². The highest BCUT2D eigenvalue weighted by atomic mass is 79.9. The predicted octanol–water partition coefficient (Wildman–Crippen LogP) is 2.77. The molecule has 5 heteroatoms. The van der Waals surface area contributed by atoms with Crippen molar-refractivity contribution in [2.45, 2.75) is 6.92 Å². The molecule has 1 aromatic rings. The SMILES string of the molecule is C=CCN(CCO)C(=O)Nc1cc(Br)ccc1C. The number of amides is 2. The molecular weight excluding hydrogens is 296 g/mol. The fraction of sp³-hybridized carbons (Fsp3) is 0.308. The lowest BCUT2D eigenvalue weighted by molar-refractivity contribution is 0.195. The van der Waals surface area contributed by atoms with Crippen molar-refractivity contribution in [1.29, 1.82) is 0 Å². The first-order chi connectivity index (χ1) is 8.58. The number of nitrogens with zero attached hydrogens (tertiary/aromatic N) is 1. The van der Waals surface area contributed by atoms with Gasteiger partial charge in [0.05, 0.1) is 6.61 Å². The highest BCUT2D eigenvalue weighted by Gasteiger charge is 2.12. The first-order valence-electron chi connectivity index (χ1n) is 5.62. The van der Waals surface area contributed by atoms with Crippen LogP contribution < -0.4 is 5.32 Å². The molecule has 0 aliphatic heterocycles. The summed E-state index contributed by atoms with van der Waals surface area (Å²) in [6.45, 7) is 6.13. The Labute approximate surface area is 115 Å². The summed E-state index contributed by atoms with van der Waals surface area (Å²) >= 11 is 3.36. The number of halogens is 1. The zero-order chi connectivity index (χ0) is 13.5. The molecule has 2 amide bonds. The summed E-state index contributed by atoms with van der Waals surface area (Å²) in [5.74, 6) is 0. The van der Waals surface area contributed by atoms with Crippen LogP contribution in [-0.2, 0) is 0 Å². The maximum Gasteiger partial charge on any atom is 0.322 e. The summed E-state index contributed by atoms with van der Waals surface area (Å²) in [4.78, 5) is 13.5. The van der Waals surface area contributed by atoms with Crippen molar-refractivity contribution in [2.75, 3.05) is 25.0 Å². The van der Waals surface area contributed by atoms with Crippen molar-refractivity contribution in [3.8, 4) is 0 Å². The summed E-state index contributed by atoms with van der Waals surface area (Å²) in [5.41, 5.74) is 1.73. The molecule has 0 radical (unpaired) electrons. The van der Waals surface area contributed by atoms with Crippen LogP contribution in [0.2, 0.25) is 0 Å². The minimum Gasteiger partial charge on any atom is -0.395 e. The van der Waals surface area contributed by atoms with Crippen LogP contribution in [0.3, 0.4) is 0 Å². The molecule has 2 N–H and O–H groups in total. The van der Waals surface area contributed by atoms with E-state index in [0.29, 0.717) is 6.54 Å². The number of aliphatic hydroxyl groups is 1. The lowest BCUT2D eigenvalue weighted by Crippen LogP contribution is -2.37. The third-order valence-electron chi connectivity index (χ3n) is 2.45. The van der Waals surface area contributed by atoms with E-state index in [1.807, 2.05) is 25.1 Å². The Balaban J connectivity index is 2.78. The highest BCUT2D eigenvalue weighted by Crippen LogP contribution is 2.20. The number of urea groups is 1. The summed E-state index contributed by atoms with van der Waals surface area (Å²) in [6, 6.07) is 5.44. The molecule has 0 aromatic heterocycles. The number of aryl methyl sites for hydroxylation is 1. The second-order valence-corrected chi connectivity index (χ2v) is 4.76. The summed E-state index contributed by atoms with van der Waals surface area (Å²) in [6.07, 6.45) is 1.63. The van der Waals surface area contributed by atoms with Gasteiger partial charge in [-0.3, -0.25) is 0 Å². The standard InChI is InChI=1S/C13H17BrN2O2/c1-3-6-16(7-8-17)13(18)15-12-9-11(14)5-4-10(12)2/h3-5,9,17H,1,6-8H2,2H3,(H,15,18). The van der Waals surface area contributed by atoms with Gasteiger partial charge in [-0.2, -0.15) is 0 Å². The van der Waals surface area contributed by atoms with Crippen LogP contribution in [0.4, 0.5) is 10.5 Å². The van der Waals surface area contributed by atoms with Crippen molar-refractivity contribution >= 4 is 27.6 Å². The van der Waals surface area contributed by atoms with E-state index in [-0.39, 0.29) is 19.2 Å². The third-order valence-corrected chi connectivity index (χ3v) is 2.94. The number of rotatable bonds is 5. The smallest absolute Gasteiger partial charge is 0.322 e. The molecule has 98 valence electrons. The topological polar surface area (TPSA) is 52.6 Å². The lowest BCUT2D eigenvalue weighted by atomic mass is 10.2. The van der Waals surface area contributed by atoms with E-state index in [1.165, 1.54) is 4.90 Å². The maximum atomic E-state index is 12.0. The van der Waals surface area contributed by atoms with Gasteiger partial charge in [0.15, 0.2) is 0 Å². The first kappa shape index (κ1) is 14.7. The molecule has 0 aliphatic carbocycles. The van der Waals surface area contributed by atoms with E-state index in [1.54, 1.807) is 6.08 Å². The Morgan fingerprint density at radius 2 is 2.33 bits per heavy atom. The van der Waals surface area contributed by atoms with Crippen LogP contribution in [0, 0.1) is 6.92 Å². The largest absolute Gasteiger partial charge is 0.395 e. The molecule has 0 aliphatic rings. The van der Waals surface area contributed by atoms with Crippen molar-refractivity contribution in [2.24, 2.45) is 0 Å². The fourth-order valence-corrected chi connectivity index (χ4v) is 1.84. The predicted molar refractivity (Wildman–Crippen MR) is 76.8 cm³/mol. The molecule has 1 aromatic carbocycles. The van der Waals surface area contributed by atoms with Gasteiger partial charge in [0.25, 0.3) is 0 Å². The van der Waals surface area contributed by atoms with Crippen molar-refractivity contribution < 1.29 is 9.90 Å². The monoisotopic (exact) mass is 312 g/mol. The van der Waals surface area contributed by atoms with E-state index in [9.17, 15) is 4.79 Å². The summed E-state index contributed by atoms with van der Waals surface area (Å²) in [5, 5.41) is 11.7. The number of carbonyl (C=O) groups excluding carboxylic acids is 1. The number of benzene rings is 1. The molecule has 0 bridgehead atoms. The molecule has 0 spiro atoms. The van der Waals surface area contributed by atoms with Gasteiger partial charge in [-0.1, -0.05) is 28.1 Å². The quantitative estimate of drug-likeness (QED) is 0.821. The normalized spacial score (nSPS) is 9.94. The Morgan fingerprint density at radius 3 is 2.94 bits per heavy atom. The van der Waals surface area contributed by atoms with Crippen molar-refractivity contribution in [3.05, 3.63) is 40.9 Å². The molecule has 0 fully saturated rings. The number of aliphatic hydroxyl groups excluding tert-OH is 1. The molecule has 1 rings (SSSR count). The number of anilines is 1. The minimum absolute atomic E-state index is 0.0707. The lowest BCUT2D eigenvalue weighted by Gasteiger charge is -2.21. The van der Waals surface area contributed by atoms with Crippen molar-refractivity contribution in [3.63, 3.8) is 0 Å². The van der Waals surface area contributed by atoms with Gasteiger partial charge in [-0.15, -0.1) is 6.58 Å². The minimum atomic E-state index is -0.245. The summed E-state index contributed by atoms with van der Waals surface area (Å²) in [7, 11) is 0. The summed E-state index contributed by atoms with van der Waals surface area (Å²) < 4.78 is 0.904. The average Bonchev–Trinajstić information content (AvgIpc) is 2.33. The number of hydrogen-bond donors (Lipinski definition) is 2. The van der Waals surface area contributed by atoms with Crippen LogP contribution in [0.1, 0.15) is 5.56 Å². The van der Waals surface area contributed by atoms with Gasteiger partial charge < -0.3 is 15.3 Å². The molecule has 0 saturated heterocycles. The van der Waals surface area contributed by atoms with Crippen molar-refractivity contribution in [1.82, 2.24) is 4.90 Å². The van der Waals surface area contributed by atoms with Gasteiger partial charge in [0.1, 0.15) is 0 Å². The van der Waals surface area contributed by atoms with Crippen LogP contribution in [0.25, 0.3) is 0 Å². The van der Waals surface area contributed by atoms with E-state index in [4.69, 9.17) is 5.11 Å². The van der Waals surface area contributed by atoms with Crippen LogP contribution in [0.5, 0.6) is 0 Å². The van der Waals surface area contributed by atoms with Gasteiger partial charge in [0.2, 0.25) is 0 Å². The van der Waals surface area contributed by atoms with Gasteiger partial charge in [-0.05, 0) is 24.6 Å². The van der Waals surface area contributed by atoms with Gasteiger partial charge in [0, 0.05) is 23.2 Å². The van der Waals surface area contributed by atoms with E-state index >= 15 is 0 Å². The Kier molecular flexibility index (Phi) is 5.88. The fourth-order valence-electron chi connectivity index (χ4n) is 1.48. The van der Waals surface area contributed by atoms with Gasteiger partial charge in [-0.25, -0.2) is 4.79 Å². The third kappa shape index (κ3) is 4.16. The highest BCUT2D eigenvalue weighted by molar-refractivity contribution is 9.10. The molecule has 0 atom stereocenters. The second-order valence-electron chi connectivity index (χ2n) is 3.85. The number of nitrogens with one attached hydrogen (secondary N) is 1. The van der Waals surface area contributed by atoms with E-state index < -0.39 is 0 Å². The number of carbonyl (C=O) groups is 1. The van der Waals surface area contributed by atoms with Crippen LogP contribution in [-0.4, -0.2) is 35.7 Å². The zero-order valence-corrected chi connectivity index (χ0v) is 11.9. The first-order valence-corrected chi connectivity index (χ1v) is 6.41. The molecule has 0 heterocycles. The Morgan fingerprint density at radius 1 is 1.61 bits per heavy atom. The van der Waals surface area contributed by atoms with Crippen LogP contribution in [0.15, 0.2) is 35.3 Å².